The van der Waals surface area contributed by atoms with E-state index in [-0.39, 0.29) is 102 Å². The number of hydrogen-bond acceptors (Lipinski definition) is 17. The summed E-state index contributed by atoms with van der Waals surface area (Å²) >= 11 is 0. The second kappa shape index (κ2) is 37.3. The summed E-state index contributed by atoms with van der Waals surface area (Å²) in [5.41, 5.74) is 7.40. The van der Waals surface area contributed by atoms with Crippen molar-refractivity contribution in [3.8, 4) is 28.7 Å². The van der Waals surface area contributed by atoms with Crippen LogP contribution in [-0.2, 0) is 143 Å². The van der Waals surface area contributed by atoms with Gasteiger partial charge in [-0.15, -0.1) is 0 Å². The van der Waals surface area contributed by atoms with Gasteiger partial charge >= 0.3 is 23.9 Å². The third kappa shape index (κ3) is 27.9. The van der Waals surface area contributed by atoms with Crippen molar-refractivity contribution in [2.45, 2.75) is 331 Å². The van der Waals surface area contributed by atoms with Crippen LogP contribution in [0, 0.1) is 5.41 Å². The Morgan fingerprint density at radius 3 is 0.629 bits per heavy atom. The zero-order chi connectivity index (χ0) is 88.6. The monoisotopic (exact) mass is 1620 g/mol. The Hall–Kier alpha value is -8.42. The molecule has 0 aromatic heterocycles. The number of aryl methyl sites for hydroxylation is 5. The SMILES string of the molecule is CC(C)(C)c1cc(CCC(=O)OCC(COC(=O)CCc2cc(C(C)(C)C)c(O)c(C(C)(C)C)c2)(COC(=O)CCc2cc(C(C)(C)C)c(O)c(C(C)(C)C)c2)COC(=O)CCc2cc(C(C)(C)C)c(O)c(C(C)(C)C)c2)cc(C(C)(C)C)c1O.COS(=O)(=O)c1ccc(NC(=O)CCc2cc(C(C)(C)C)c(O)c(C(C)(C)C)c2)cc1. The number of ether oxygens (including phenoxy) is 4. The lowest BCUT2D eigenvalue weighted by Gasteiger charge is -2.32. The average Bonchev–Trinajstić information content (AvgIpc) is 0.801. The van der Waals surface area contributed by atoms with Crippen molar-refractivity contribution in [2.75, 3.05) is 38.9 Å². The Bertz CT molecular complexity index is 4000. The van der Waals surface area contributed by atoms with Gasteiger partial charge in [0.1, 0.15) is 60.6 Å². The fourth-order valence-electron chi connectivity index (χ4n) is 13.7. The minimum atomic E-state index is -3.76. The normalized spacial score (nSPS) is 13.0. The maximum absolute atomic E-state index is 14.1. The summed E-state index contributed by atoms with van der Waals surface area (Å²) < 4.78 is 52.3. The van der Waals surface area contributed by atoms with Gasteiger partial charge < -0.3 is 49.8 Å². The number of phenolic OH excluding ortho intramolecular Hbond substituents is 5. The molecule has 116 heavy (non-hydrogen) atoms. The van der Waals surface area contributed by atoms with Gasteiger partial charge in [-0.2, -0.15) is 8.42 Å². The molecule has 0 saturated carbocycles. The van der Waals surface area contributed by atoms with Crippen LogP contribution in [0.1, 0.15) is 323 Å². The van der Waals surface area contributed by atoms with E-state index in [0.717, 1.165) is 90.6 Å². The number of aromatic hydroxyl groups is 5. The molecule has 0 aliphatic heterocycles. The van der Waals surface area contributed by atoms with Crippen LogP contribution in [0.15, 0.2) is 89.8 Å². The molecule has 0 spiro atoms. The maximum Gasteiger partial charge on any atom is 0.306 e. The molecule has 0 saturated heterocycles. The molecule has 0 unspecified atom stereocenters. The average molecular weight is 1630 g/mol. The van der Waals surface area contributed by atoms with E-state index in [2.05, 4.69) is 51.0 Å². The fraction of sp³-hybridized carbons (Fsp3) is 0.577. The highest BCUT2D eigenvalue weighted by atomic mass is 32.2. The molecule has 6 rings (SSSR count). The molecular formula is C97H141NO17S. The van der Waals surface area contributed by atoms with Crippen LogP contribution in [0.2, 0.25) is 0 Å². The molecule has 18 nitrogen and oxygen atoms in total. The molecule has 0 atom stereocenters. The summed E-state index contributed by atoms with van der Waals surface area (Å²) in [6.07, 6.45) is 1.64. The smallest absolute Gasteiger partial charge is 0.306 e. The maximum atomic E-state index is 14.1. The van der Waals surface area contributed by atoms with Crippen LogP contribution in [-0.4, -0.2) is 97.3 Å². The Labute approximate surface area is 695 Å². The first-order valence-corrected chi connectivity index (χ1v) is 42.2. The van der Waals surface area contributed by atoms with E-state index in [0.29, 0.717) is 17.9 Å². The number of hydrogen-bond donors (Lipinski definition) is 6. The molecule has 0 aliphatic rings. The van der Waals surface area contributed by atoms with Crippen molar-refractivity contribution in [3.05, 3.63) is 168 Å². The molecule has 0 fully saturated rings. The van der Waals surface area contributed by atoms with Gasteiger partial charge in [-0.1, -0.05) is 268 Å². The first-order chi connectivity index (χ1) is 52.6. The van der Waals surface area contributed by atoms with Crippen molar-refractivity contribution in [2.24, 2.45) is 5.41 Å². The van der Waals surface area contributed by atoms with Crippen LogP contribution in [0.4, 0.5) is 5.69 Å². The lowest BCUT2D eigenvalue weighted by molar-refractivity contribution is -0.170. The first-order valence-electron chi connectivity index (χ1n) is 40.8. The summed E-state index contributed by atoms with van der Waals surface area (Å²) in [5.74, 6) is -1.35. The van der Waals surface area contributed by atoms with Gasteiger partial charge in [0.25, 0.3) is 10.1 Å². The molecular weight excluding hydrogens is 1480 g/mol. The van der Waals surface area contributed by atoms with Crippen molar-refractivity contribution in [1.82, 2.24) is 0 Å². The topological polar surface area (TPSA) is 279 Å². The number of benzene rings is 6. The lowest BCUT2D eigenvalue weighted by Crippen LogP contribution is -2.44. The van der Waals surface area contributed by atoms with Gasteiger partial charge in [-0.05, 0) is 194 Å². The van der Waals surface area contributed by atoms with Crippen LogP contribution in [0.25, 0.3) is 0 Å². The van der Waals surface area contributed by atoms with E-state index < -0.39 is 109 Å². The summed E-state index contributed by atoms with van der Waals surface area (Å²) in [6, 6.07) is 25.2. The molecule has 0 heterocycles. The Morgan fingerprint density at radius 1 is 0.293 bits per heavy atom. The Kier molecular flexibility index (Phi) is 31.5. The van der Waals surface area contributed by atoms with Gasteiger partial charge in [0.05, 0.1) is 12.0 Å². The van der Waals surface area contributed by atoms with Crippen LogP contribution < -0.4 is 5.32 Å². The minimum absolute atomic E-state index is 0.0292. The van der Waals surface area contributed by atoms with Gasteiger partial charge in [0.2, 0.25) is 5.91 Å². The number of nitrogens with one attached hydrogen (secondary N) is 1. The molecule has 0 aliphatic carbocycles. The second-order valence-corrected chi connectivity index (χ2v) is 43.7. The quantitative estimate of drug-likeness (QED) is 0.0167. The predicted octanol–water partition coefficient (Wildman–Crippen LogP) is 20.8. The number of carbonyl (C=O) groups excluding carboxylic acids is 5. The van der Waals surface area contributed by atoms with Gasteiger partial charge in [-0.3, -0.25) is 28.2 Å². The Balaban J connectivity index is 0.000000643. The van der Waals surface area contributed by atoms with Gasteiger partial charge in [0, 0.05) is 37.8 Å². The van der Waals surface area contributed by atoms with Gasteiger partial charge in [-0.25, -0.2) is 0 Å². The zero-order valence-electron chi connectivity index (χ0n) is 76.0. The molecule has 19 heteroatoms. The summed E-state index contributed by atoms with van der Waals surface area (Å²) in [6.45, 7) is 59.1. The zero-order valence-corrected chi connectivity index (χ0v) is 76.8. The number of esters is 4. The third-order valence-corrected chi connectivity index (χ3v) is 22.1. The number of anilines is 1. The number of amides is 1. The molecule has 6 aromatic rings. The van der Waals surface area contributed by atoms with E-state index in [4.69, 9.17) is 18.9 Å². The molecule has 642 valence electrons. The predicted molar refractivity (Wildman–Crippen MR) is 465 cm³/mol. The first kappa shape index (κ1) is 98.2. The van der Waals surface area contributed by atoms with Crippen LogP contribution in [0.3, 0.4) is 0 Å². The second-order valence-electron chi connectivity index (χ2n) is 42.0. The van der Waals surface area contributed by atoms with E-state index in [9.17, 15) is 57.9 Å². The van der Waals surface area contributed by atoms with E-state index in [1.807, 2.05) is 227 Å². The van der Waals surface area contributed by atoms with Crippen molar-refractivity contribution < 1.29 is 81.1 Å². The number of phenols is 5. The number of carbonyl (C=O) groups is 5. The fourth-order valence-corrected chi connectivity index (χ4v) is 14.3. The highest BCUT2D eigenvalue weighted by Crippen LogP contribution is 2.46. The van der Waals surface area contributed by atoms with Crippen molar-refractivity contribution >= 4 is 45.6 Å². The minimum Gasteiger partial charge on any atom is -0.507 e. The molecule has 0 bridgehead atoms. The Morgan fingerprint density at radius 2 is 0.466 bits per heavy atom. The molecule has 0 radical (unpaired) electrons. The van der Waals surface area contributed by atoms with Crippen molar-refractivity contribution in [1.29, 1.82) is 0 Å². The summed E-state index contributed by atoms with van der Waals surface area (Å²) in [4.78, 5) is 68.9. The van der Waals surface area contributed by atoms with Crippen molar-refractivity contribution in [3.63, 3.8) is 0 Å². The largest absolute Gasteiger partial charge is 0.507 e. The van der Waals surface area contributed by atoms with Gasteiger partial charge in [0.15, 0.2) is 0 Å². The molecule has 6 N–H and O–H groups in total. The standard InChI is InChI=1S/C73H108O12.C24H33NO5S/c1-65(2,3)49-33-45(34-50(61(49)78)66(4,5)6)25-29-57(74)82-41-73(42-83-58(75)30-26-46-35-51(67(7,8)9)62(79)52(36-46)68(10,11)12,43-84-59(76)31-27-47-37-53(69(13,14)15)63(80)54(38-47)70(16,17)18)44-85-60(77)32-28-48-39-55(71(19,20)21)64(81)56(40-48)72(22,23)24;1-23(2,3)19-14-16(15-20(22(19)27)24(4,5)6)8-13-21(26)25-17-9-11-18(12-10-17)31(28,29)30-7/h33-40,78-81H,25-32,41-44H2,1-24H3;9-12,14-15,27H,8,13H2,1-7H3,(H,25,26). The molecule has 6 aromatic carbocycles. The third-order valence-electron chi connectivity index (χ3n) is 20.8. The highest BCUT2D eigenvalue weighted by Gasteiger charge is 2.40. The van der Waals surface area contributed by atoms with Crippen LogP contribution >= 0.6 is 0 Å². The van der Waals surface area contributed by atoms with E-state index in [1.165, 1.54) is 24.3 Å². The number of rotatable bonds is 26. The van der Waals surface area contributed by atoms with E-state index >= 15 is 0 Å². The van der Waals surface area contributed by atoms with Crippen LogP contribution in [0.5, 0.6) is 28.7 Å². The van der Waals surface area contributed by atoms with E-state index in [1.54, 1.807) is 0 Å². The highest BCUT2D eigenvalue weighted by molar-refractivity contribution is 7.86. The molecule has 1 amide bonds. The summed E-state index contributed by atoms with van der Waals surface area (Å²) in [7, 11) is -2.66. The lowest BCUT2D eigenvalue weighted by atomic mass is 9.78. The summed E-state index contributed by atoms with van der Waals surface area (Å²) in [5, 5.41) is 59.3.